The van der Waals surface area contributed by atoms with Crippen LogP contribution in [0, 0.1) is 26.7 Å². The predicted molar refractivity (Wildman–Crippen MR) is 155 cm³/mol. The van der Waals surface area contributed by atoms with Crippen LogP contribution in [0.3, 0.4) is 0 Å². The molecule has 7 heteroatoms. The fourth-order valence-electron chi connectivity index (χ4n) is 4.05. The average molecular weight is 528 g/mol. The monoisotopic (exact) mass is 527 g/mol. The second-order valence-corrected chi connectivity index (χ2v) is 13.7. The molecule has 3 unspecified atom stereocenters. The van der Waals surface area contributed by atoms with Crippen molar-refractivity contribution in [2.45, 2.75) is 59.2 Å². The minimum absolute atomic E-state index is 0.157. The van der Waals surface area contributed by atoms with E-state index in [1.807, 2.05) is 44.1 Å². The van der Waals surface area contributed by atoms with Gasteiger partial charge < -0.3 is 9.84 Å². The van der Waals surface area contributed by atoms with Crippen molar-refractivity contribution in [2.24, 2.45) is 5.92 Å². The number of allylic oxidation sites excluding steroid dienone is 1. The van der Waals surface area contributed by atoms with Crippen molar-refractivity contribution in [1.29, 1.82) is 0 Å². The van der Waals surface area contributed by atoms with Crippen LogP contribution in [-0.4, -0.2) is 32.3 Å². The lowest BCUT2D eigenvalue weighted by Crippen LogP contribution is -2.40. The first-order chi connectivity index (χ1) is 16.8. The Morgan fingerprint density at radius 2 is 1.83 bits per heavy atom. The van der Waals surface area contributed by atoms with Gasteiger partial charge in [0, 0.05) is 0 Å². The highest BCUT2D eigenvalue weighted by atomic mass is 32.3. The molecule has 0 aliphatic carbocycles. The zero-order chi connectivity index (χ0) is 26.8. The van der Waals surface area contributed by atoms with Gasteiger partial charge in [0.25, 0.3) is 0 Å². The van der Waals surface area contributed by atoms with Gasteiger partial charge in [-0.3, -0.25) is 4.31 Å². The van der Waals surface area contributed by atoms with E-state index in [0.717, 1.165) is 39.9 Å². The van der Waals surface area contributed by atoms with Crippen molar-refractivity contribution >= 4 is 39.0 Å². The molecule has 0 aromatic heterocycles. The van der Waals surface area contributed by atoms with E-state index in [1.165, 1.54) is 5.57 Å². The Kier molecular flexibility index (Phi) is 8.67. The van der Waals surface area contributed by atoms with E-state index in [-0.39, 0.29) is 16.8 Å². The molecule has 2 aromatic carbocycles. The molecule has 36 heavy (non-hydrogen) atoms. The quantitative estimate of drug-likeness (QED) is 0.284. The van der Waals surface area contributed by atoms with Gasteiger partial charge in [-0.2, -0.15) is 0 Å². The molecule has 2 aromatic rings. The first-order valence-electron chi connectivity index (χ1n) is 12.0. The van der Waals surface area contributed by atoms with Crippen molar-refractivity contribution < 1.29 is 18.8 Å². The highest BCUT2D eigenvalue weighted by Gasteiger charge is 2.32. The van der Waals surface area contributed by atoms with Crippen molar-refractivity contribution in [3.05, 3.63) is 81.3 Å². The Labute approximate surface area is 220 Å². The molecule has 1 N–H and O–H groups in total. The molecular formula is C29H37NO4S2. The highest BCUT2D eigenvalue weighted by Crippen LogP contribution is 2.41. The Morgan fingerprint density at radius 1 is 1.17 bits per heavy atom. The summed E-state index contributed by atoms with van der Waals surface area (Å²) < 4.78 is 22.5. The number of benzene rings is 2. The standard InChI is InChI=1S/C29H37NO4S2/c1-18(2)15-30(36(8,33)28-14-21(5)23(7)17-35-28)26-12-19(3)20(4)13-27(26)34-16-25-10-9-24(29(31)32)11-22(25)6/h9-13,17,21,28H,1,8,14-16H2,2-7H3,(H,31,32). The molecule has 5 nitrogen and oxygen atoms in total. The number of carboxylic acids is 1. The maximum atomic E-state index is 14.4. The molecule has 0 radical (unpaired) electrons. The number of carboxylic acid groups (broad SMARTS) is 1. The summed E-state index contributed by atoms with van der Waals surface area (Å²) in [5.74, 6) is 4.30. The maximum Gasteiger partial charge on any atom is 0.335 e. The number of carbonyl (C=O) groups is 1. The van der Waals surface area contributed by atoms with Gasteiger partial charge in [-0.25, -0.2) is 9.00 Å². The van der Waals surface area contributed by atoms with Crippen LogP contribution < -0.4 is 9.04 Å². The molecule has 0 bridgehead atoms. The number of aryl methyl sites for hydroxylation is 3. The third-order valence-electron chi connectivity index (χ3n) is 6.74. The molecular weight excluding hydrogens is 490 g/mol. The molecule has 0 saturated carbocycles. The van der Waals surface area contributed by atoms with Crippen LogP contribution in [0.2, 0.25) is 0 Å². The molecule has 0 amide bonds. The van der Waals surface area contributed by atoms with Crippen LogP contribution in [0.15, 0.2) is 53.5 Å². The van der Waals surface area contributed by atoms with E-state index >= 15 is 0 Å². The van der Waals surface area contributed by atoms with Gasteiger partial charge in [0.2, 0.25) is 0 Å². The summed E-state index contributed by atoms with van der Waals surface area (Å²) in [6.45, 7) is 16.9. The predicted octanol–water partition coefficient (Wildman–Crippen LogP) is 6.91. The minimum Gasteiger partial charge on any atom is -0.487 e. The van der Waals surface area contributed by atoms with Gasteiger partial charge in [-0.1, -0.05) is 30.7 Å². The largest absolute Gasteiger partial charge is 0.487 e. The number of rotatable bonds is 9. The number of ether oxygens (including phenoxy) is 1. The van der Waals surface area contributed by atoms with Gasteiger partial charge in [-0.05, 0) is 105 Å². The molecule has 3 rings (SSSR count). The Hall–Kier alpha value is -2.64. The zero-order valence-electron chi connectivity index (χ0n) is 22.1. The number of anilines is 1. The van der Waals surface area contributed by atoms with E-state index in [9.17, 15) is 14.1 Å². The van der Waals surface area contributed by atoms with Gasteiger partial charge in [0.1, 0.15) is 12.4 Å². The van der Waals surface area contributed by atoms with Crippen LogP contribution in [0.5, 0.6) is 5.75 Å². The van der Waals surface area contributed by atoms with Crippen molar-refractivity contribution in [3.8, 4) is 5.75 Å². The fourth-order valence-corrected chi connectivity index (χ4v) is 8.01. The summed E-state index contributed by atoms with van der Waals surface area (Å²) in [7, 11) is -2.74. The van der Waals surface area contributed by atoms with E-state index in [4.69, 9.17) is 4.74 Å². The topological polar surface area (TPSA) is 66.8 Å². The Morgan fingerprint density at radius 3 is 2.42 bits per heavy atom. The summed E-state index contributed by atoms with van der Waals surface area (Å²) in [6, 6.07) is 9.02. The van der Waals surface area contributed by atoms with Gasteiger partial charge in [0.05, 0.1) is 32.1 Å². The summed E-state index contributed by atoms with van der Waals surface area (Å²) in [5.41, 5.74) is 7.04. The van der Waals surface area contributed by atoms with Crippen molar-refractivity contribution in [2.75, 3.05) is 10.8 Å². The lowest BCUT2D eigenvalue weighted by molar-refractivity contribution is 0.0696. The average Bonchev–Trinajstić information content (AvgIpc) is 2.80. The molecule has 194 valence electrons. The number of aromatic carboxylic acids is 1. The third-order valence-corrected chi connectivity index (χ3v) is 11.1. The first-order valence-corrected chi connectivity index (χ1v) is 14.7. The van der Waals surface area contributed by atoms with Crippen molar-refractivity contribution in [3.63, 3.8) is 0 Å². The molecule has 1 aliphatic heterocycles. The summed E-state index contributed by atoms with van der Waals surface area (Å²) in [6.07, 6.45) is 0.790. The lowest BCUT2D eigenvalue weighted by Gasteiger charge is -2.37. The second-order valence-electron chi connectivity index (χ2n) is 9.89. The van der Waals surface area contributed by atoms with E-state index in [0.29, 0.717) is 18.2 Å². The number of hydrogen-bond acceptors (Lipinski definition) is 4. The van der Waals surface area contributed by atoms with Crippen LogP contribution in [0.25, 0.3) is 0 Å². The minimum atomic E-state index is -2.74. The number of hydrogen-bond donors (Lipinski definition) is 1. The Balaban J connectivity index is 2.02. The molecule has 0 saturated heterocycles. The maximum absolute atomic E-state index is 14.4. The third kappa shape index (κ3) is 6.19. The zero-order valence-corrected chi connectivity index (χ0v) is 23.7. The molecule has 0 fully saturated rings. The summed E-state index contributed by atoms with van der Waals surface area (Å²) in [5, 5.41) is 11.4. The first kappa shape index (κ1) is 27.9. The normalized spacial score (nSPS) is 19.2. The molecule has 3 atom stereocenters. The van der Waals surface area contributed by atoms with Gasteiger partial charge in [0.15, 0.2) is 0 Å². The summed E-state index contributed by atoms with van der Waals surface area (Å²) in [4.78, 5) is 11.3. The van der Waals surface area contributed by atoms with Crippen molar-refractivity contribution in [1.82, 2.24) is 0 Å². The van der Waals surface area contributed by atoms with E-state index in [2.05, 4.69) is 31.7 Å². The SMILES string of the molecule is C=C(C)CN(c1cc(C)c(C)cc1OCc1ccc(C(=O)O)cc1C)S(=C)(=O)C1CC(C)C(C)=CS1. The second kappa shape index (κ2) is 11.2. The van der Waals surface area contributed by atoms with Crippen LogP contribution in [0.1, 0.15) is 59.8 Å². The molecule has 0 spiro atoms. The number of thioether (sulfide) groups is 1. The van der Waals surface area contributed by atoms with Gasteiger partial charge in [-0.15, -0.1) is 11.8 Å². The molecule has 1 heterocycles. The van der Waals surface area contributed by atoms with Crippen LogP contribution >= 0.6 is 11.8 Å². The fraction of sp³-hybridized carbons (Fsp3) is 0.379. The smallest absolute Gasteiger partial charge is 0.335 e. The van der Waals surface area contributed by atoms with Crippen LogP contribution in [-0.2, 0) is 16.3 Å². The number of nitrogens with zero attached hydrogens (tertiary/aromatic N) is 1. The Bertz CT molecular complexity index is 1310. The van der Waals surface area contributed by atoms with E-state index < -0.39 is 15.7 Å². The highest BCUT2D eigenvalue weighted by molar-refractivity contribution is 8.19. The molecule has 1 aliphatic rings. The summed E-state index contributed by atoms with van der Waals surface area (Å²) >= 11 is 1.60. The van der Waals surface area contributed by atoms with Crippen LogP contribution in [0.4, 0.5) is 5.69 Å². The van der Waals surface area contributed by atoms with Gasteiger partial charge >= 0.3 is 5.97 Å². The van der Waals surface area contributed by atoms with E-state index in [1.54, 1.807) is 30.0 Å². The lowest BCUT2D eigenvalue weighted by atomic mass is 10.0.